The molecule has 8 nitrogen and oxygen atoms in total. The van der Waals surface area contributed by atoms with E-state index in [4.69, 9.17) is 25.8 Å². The largest absolute Gasteiger partial charge is 0.497 e. The molecule has 190 valence electrons. The second-order valence-electron chi connectivity index (χ2n) is 7.82. The first-order valence-corrected chi connectivity index (χ1v) is 11.7. The molecule has 0 saturated heterocycles. The molecule has 3 aromatic carbocycles. The summed E-state index contributed by atoms with van der Waals surface area (Å²) in [4.78, 5) is 25.0. The lowest BCUT2D eigenvalue weighted by Crippen LogP contribution is -2.20. The average molecular weight is 520 g/mol. The van der Waals surface area contributed by atoms with Gasteiger partial charge in [0.05, 0.1) is 18.7 Å². The molecule has 0 aromatic heterocycles. The first kappa shape index (κ1) is 27.1. The zero-order valence-electron chi connectivity index (χ0n) is 20.6. The van der Waals surface area contributed by atoms with Gasteiger partial charge < -0.3 is 24.8 Å². The normalized spacial score (nSPS) is 10.7. The second kappa shape index (κ2) is 13.0. The summed E-state index contributed by atoms with van der Waals surface area (Å²) in [6.45, 7) is 3.72. The number of nitrogens with one attached hydrogen (secondary N) is 2. The van der Waals surface area contributed by atoms with Crippen LogP contribution in [0.3, 0.4) is 0 Å². The minimum Gasteiger partial charge on any atom is -0.497 e. The lowest BCUT2D eigenvalue weighted by molar-refractivity contribution is -0.118. The van der Waals surface area contributed by atoms with Crippen molar-refractivity contribution >= 4 is 40.9 Å². The Hall–Kier alpha value is -4.48. The number of halogens is 1. The number of anilines is 2. The summed E-state index contributed by atoms with van der Waals surface area (Å²) in [5, 5.41) is 15.2. The molecule has 0 aliphatic carbocycles. The summed E-state index contributed by atoms with van der Waals surface area (Å²) in [6.07, 6.45) is 1.39. The first-order chi connectivity index (χ1) is 17.8. The van der Waals surface area contributed by atoms with Crippen LogP contribution < -0.4 is 24.8 Å². The number of nitrogens with zero attached hydrogens (tertiary/aromatic N) is 1. The third kappa shape index (κ3) is 7.75. The standard InChI is InChI=1S/C28H26ClN3O5/c1-4-36-25-15-19(13-20(16-30)28(34)32-21-8-10-23(35-3)11-9-21)14-24(29)27(25)37-17-26(33)31-22-7-5-6-18(2)12-22/h5-15H,4,17H2,1-3H3,(H,31,33)(H,32,34)/b20-13+. The van der Waals surface area contributed by atoms with Crippen LogP contribution >= 0.6 is 11.6 Å². The molecule has 0 radical (unpaired) electrons. The van der Waals surface area contributed by atoms with Gasteiger partial charge in [0.25, 0.3) is 11.8 Å². The molecule has 0 spiro atoms. The van der Waals surface area contributed by atoms with Gasteiger partial charge in [-0.25, -0.2) is 0 Å². The van der Waals surface area contributed by atoms with Crippen LogP contribution in [0.5, 0.6) is 17.2 Å². The topological polar surface area (TPSA) is 110 Å². The Morgan fingerprint density at radius 3 is 2.43 bits per heavy atom. The van der Waals surface area contributed by atoms with Crippen LogP contribution in [-0.4, -0.2) is 32.1 Å². The van der Waals surface area contributed by atoms with E-state index < -0.39 is 5.91 Å². The van der Waals surface area contributed by atoms with Crippen molar-refractivity contribution in [2.45, 2.75) is 13.8 Å². The van der Waals surface area contributed by atoms with Gasteiger partial charge in [0.1, 0.15) is 17.4 Å². The predicted molar refractivity (Wildman–Crippen MR) is 143 cm³/mol. The van der Waals surface area contributed by atoms with Crippen LogP contribution in [0, 0.1) is 18.3 Å². The molecule has 0 fully saturated rings. The van der Waals surface area contributed by atoms with Crippen molar-refractivity contribution in [3.05, 3.63) is 82.4 Å². The monoisotopic (exact) mass is 519 g/mol. The number of amides is 2. The van der Waals surface area contributed by atoms with Crippen LogP contribution in [0.15, 0.2) is 66.2 Å². The van der Waals surface area contributed by atoms with Crippen LogP contribution in [-0.2, 0) is 9.59 Å². The van der Waals surface area contributed by atoms with Crippen molar-refractivity contribution in [1.29, 1.82) is 5.26 Å². The van der Waals surface area contributed by atoms with Crippen LogP contribution in [0.1, 0.15) is 18.1 Å². The smallest absolute Gasteiger partial charge is 0.266 e. The highest BCUT2D eigenvalue weighted by Crippen LogP contribution is 2.37. The Kier molecular flexibility index (Phi) is 9.53. The third-order valence-electron chi connectivity index (χ3n) is 5.01. The number of benzene rings is 3. The Morgan fingerprint density at radius 1 is 1.03 bits per heavy atom. The number of aryl methyl sites for hydroxylation is 1. The molecule has 0 saturated carbocycles. The molecule has 3 aromatic rings. The average Bonchev–Trinajstić information content (AvgIpc) is 2.87. The molecule has 0 heterocycles. The molecule has 0 unspecified atom stereocenters. The SMILES string of the molecule is CCOc1cc(/C=C(\C#N)C(=O)Nc2ccc(OC)cc2)cc(Cl)c1OCC(=O)Nc1cccc(C)c1. The Balaban J connectivity index is 1.75. The second-order valence-corrected chi connectivity index (χ2v) is 8.23. The quantitative estimate of drug-likeness (QED) is 0.266. The van der Waals surface area contributed by atoms with E-state index in [1.165, 1.54) is 12.1 Å². The molecule has 0 aliphatic heterocycles. The third-order valence-corrected chi connectivity index (χ3v) is 5.29. The molecule has 2 N–H and O–H groups in total. The minimum atomic E-state index is -0.588. The van der Waals surface area contributed by atoms with Gasteiger partial charge in [0.15, 0.2) is 18.1 Å². The highest BCUT2D eigenvalue weighted by atomic mass is 35.5. The summed E-state index contributed by atoms with van der Waals surface area (Å²) in [7, 11) is 1.54. The van der Waals surface area contributed by atoms with Crippen LogP contribution in [0.4, 0.5) is 11.4 Å². The summed E-state index contributed by atoms with van der Waals surface area (Å²) < 4.78 is 16.4. The van der Waals surface area contributed by atoms with Gasteiger partial charge in [-0.15, -0.1) is 0 Å². The van der Waals surface area contributed by atoms with Gasteiger partial charge in [0, 0.05) is 11.4 Å². The predicted octanol–water partition coefficient (Wildman–Crippen LogP) is 5.62. The number of hydrogen-bond donors (Lipinski definition) is 2. The number of ether oxygens (including phenoxy) is 3. The van der Waals surface area contributed by atoms with Gasteiger partial charge >= 0.3 is 0 Å². The minimum absolute atomic E-state index is 0.138. The highest BCUT2D eigenvalue weighted by Gasteiger charge is 2.16. The van der Waals surface area contributed by atoms with Crippen LogP contribution in [0.25, 0.3) is 6.08 Å². The molecule has 0 aliphatic rings. The Bertz CT molecular complexity index is 1350. The van der Waals surface area contributed by atoms with Gasteiger partial charge in [-0.1, -0.05) is 23.7 Å². The molecule has 37 heavy (non-hydrogen) atoms. The van der Waals surface area contributed by atoms with Crippen molar-refractivity contribution in [2.24, 2.45) is 0 Å². The number of carbonyl (C=O) groups is 2. The molecule has 3 rings (SSSR count). The van der Waals surface area contributed by atoms with E-state index in [1.54, 1.807) is 50.4 Å². The molecule has 0 bridgehead atoms. The van der Waals surface area contributed by atoms with E-state index in [0.717, 1.165) is 5.56 Å². The molecule has 9 heteroatoms. The fourth-order valence-corrected chi connectivity index (χ4v) is 3.59. The number of carbonyl (C=O) groups excluding carboxylic acids is 2. The van der Waals surface area contributed by atoms with E-state index >= 15 is 0 Å². The zero-order chi connectivity index (χ0) is 26.8. The van der Waals surface area contributed by atoms with Crippen molar-refractivity contribution in [3.8, 4) is 23.3 Å². The lowest BCUT2D eigenvalue weighted by atomic mass is 10.1. The maximum Gasteiger partial charge on any atom is 0.266 e. The number of hydrogen-bond acceptors (Lipinski definition) is 6. The maximum atomic E-state index is 12.6. The molecule has 0 atom stereocenters. The number of rotatable bonds is 10. The number of methoxy groups -OCH3 is 1. The van der Waals surface area contributed by atoms with Crippen LogP contribution in [0.2, 0.25) is 5.02 Å². The molecule has 2 amide bonds. The van der Waals surface area contributed by atoms with Gasteiger partial charge in [0.2, 0.25) is 0 Å². The fraction of sp³-hybridized carbons (Fsp3) is 0.179. The Labute approximate surface area is 220 Å². The zero-order valence-corrected chi connectivity index (χ0v) is 21.4. The van der Waals surface area contributed by atoms with E-state index in [-0.39, 0.29) is 34.6 Å². The van der Waals surface area contributed by atoms with E-state index in [2.05, 4.69) is 10.6 Å². The van der Waals surface area contributed by atoms with Gasteiger partial charge in [-0.05, 0) is 79.6 Å². The van der Waals surface area contributed by atoms with Gasteiger partial charge in [-0.3, -0.25) is 9.59 Å². The van der Waals surface area contributed by atoms with Gasteiger partial charge in [-0.2, -0.15) is 5.26 Å². The van der Waals surface area contributed by atoms with Crippen molar-refractivity contribution in [3.63, 3.8) is 0 Å². The van der Waals surface area contributed by atoms with Crippen molar-refractivity contribution in [2.75, 3.05) is 31.0 Å². The highest BCUT2D eigenvalue weighted by molar-refractivity contribution is 6.32. The molecular formula is C28H26ClN3O5. The van der Waals surface area contributed by atoms with E-state index in [0.29, 0.717) is 29.3 Å². The first-order valence-electron chi connectivity index (χ1n) is 11.4. The van der Waals surface area contributed by atoms with E-state index in [9.17, 15) is 14.9 Å². The van der Waals surface area contributed by atoms with Crippen molar-refractivity contribution < 1.29 is 23.8 Å². The summed E-state index contributed by atoms with van der Waals surface area (Å²) in [6, 6.07) is 19.1. The summed E-state index contributed by atoms with van der Waals surface area (Å²) in [5.41, 5.74) is 2.49. The van der Waals surface area contributed by atoms with Crippen molar-refractivity contribution in [1.82, 2.24) is 0 Å². The Morgan fingerprint density at radius 2 is 1.78 bits per heavy atom. The number of nitriles is 1. The van der Waals surface area contributed by atoms with E-state index in [1.807, 2.05) is 31.2 Å². The lowest BCUT2D eigenvalue weighted by Gasteiger charge is -2.15. The maximum absolute atomic E-state index is 12.6. The molecular weight excluding hydrogens is 494 g/mol. The summed E-state index contributed by atoms with van der Waals surface area (Å²) >= 11 is 6.44. The fourth-order valence-electron chi connectivity index (χ4n) is 3.32. The summed E-state index contributed by atoms with van der Waals surface area (Å²) in [5.74, 6) is 0.144.